The van der Waals surface area contributed by atoms with Crippen LogP contribution in [0.3, 0.4) is 0 Å². The van der Waals surface area contributed by atoms with Crippen LogP contribution in [0.1, 0.15) is 36.3 Å². The Morgan fingerprint density at radius 3 is 3.00 bits per heavy atom. The molecule has 2 aromatic rings. The summed E-state index contributed by atoms with van der Waals surface area (Å²) in [6, 6.07) is 4.25. The molecular formula is C13H17NOS. The minimum absolute atomic E-state index is 0.0913. The van der Waals surface area contributed by atoms with Crippen molar-refractivity contribution in [3.8, 4) is 0 Å². The first-order valence-corrected chi connectivity index (χ1v) is 6.58. The highest BCUT2D eigenvalue weighted by molar-refractivity contribution is 7.07. The maximum absolute atomic E-state index is 6.18. The SMILES string of the molecule is CCc1occc1C(N)CCc1ccsc1. The lowest BCUT2D eigenvalue weighted by molar-refractivity contribution is 0.502. The fraction of sp³-hybridized carbons (Fsp3) is 0.385. The zero-order valence-electron chi connectivity index (χ0n) is 9.48. The number of furan rings is 1. The molecule has 2 nitrogen and oxygen atoms in total. The minimum Gasteiger partial charge on any atom is -0.469 e. The molecule has 2 heterocycles. The Labute approximate surface area is 100 Å². The van der Waals surface area contributed by atoms with Crippen molar-refractivity contribution in [2.75, 3.05) is 0 Å². The summed E-state index contributed by atoms with van der Waals surface area (Å²) in [5.41, 5.74) is 8.72. The zero-order chi connectivity index (χ0) is 11.4. The summed E-state index contributed by atoms with van der Waals surface area (Å²) in [6.07, 6.45) is 4.66. The molecule has 0 aliphatic carbocycles. The molecule has 86 valence electrons. The summed E-state index contributed by atoms with van der Waals surface area (Å²) in [5.74, 6) is 1.03. The lowest BCUT2D eigenvalue weighted by Gasteiger charge is -2.10. The van der Waals surface area contributed by atoms with Crippen LogP contribution in [0.2, 0.25) is 0 Å². The third kappa shape index (κ3) is 2.54. The van der Waals surface area contributed by atoms with Crippen molar-refractivity contribution < 1.29 is 4.42 Å². The molecule has 0 amide bonds. The second-order valence-corrected chi connectivity index (χ2v) is 4.71. The van der Waals surface area contributed by atoms with Gasteiger partial charge in [-0.15, -0.1) is 0 Å². The molecule has 0 spiro atoms. The molecule has 0 saturated heterocycles. The van der Waals surface area contributed by atoms with Gasteiger partial charge in [0.2, 0.25) is 0 Å². The number of nitrogens with two attached hydrogens (primary N) is 1. The van der Waals surface area contributed by atoms with Crippen LogP contribution >= 0.6 is 11.3 Å². The van der Waals surface area contributed by atoms with Crippen molar-refractivity contribution >= 4 is 11.3 Å². The smallest absolute Gasteiger partial charge is 0.108 e. The van der Waals surface area contributed by atoms with Crippen molar-refractivity contribution in [3.05, 3.63) is 46.0 Å². The Bertz CT molecular complexity index is 419. The molecule has 0 aliphatic heterocycles. The quantitative estimate of drug-likeness (QED) is 0.861. The lowest BCUT2D eigenvalue weighted by Crippen LogP contribution is -2.12. The third-order valence-corrected chi connectivity index (χ3v) is 3.56. The molecule has 16 heavy (non-hydrogen) atoms. The van der Waals surface area contributed by atoms with Gasteiger partial charge < -0.3 is 10.2 Å². The maximum Gasteiger partial charge on any atom is 0.108 e. The highest BCUT2D eigenvalue weighted by Crippen LogP contribution is 2.22. The van der Waals surface area contributed by atoms with Gasteiger partial charge in [-0.25, -0.2) is 0 Å². The molecule has 2 N–H and O–H groups in total. The Kier molecular flexibility index (Phi) is 3.80. The number of rotatable bonds is 5. The van der Waals surface area contributed by atoms with Gasteiger partial charge in [0.05, 0.1) is 6.26 Å². The van der Waals surface area contributed by atoms with E-state index in [2.05, 4.69) is 23.8 Å². The topological polar surface area (TPSA) is 39.2 Å². The minimum atomic E-state index is 0.0913. The Morgan fingerprint density at radius 2 is 2.31 bits per heavy atom. The molecule has 0 aliphatic rings. The van der Waals surface area contributed by atoms with Gasteiger partial charge in [-0.2, -0.15) is 11.3 Å². The van der Waals surface area contributed by atoms with Gasteiger partial charge in [0, 0.05) is 18.0 Å². The van der Waals surface area contributed by atoms with Crippen LogP contribution in [-0.2, 0) is 12.8 Å². The third-order valence-electron chi connectivity index (χ3n) is 2.82. The predicted molar refractivity (Wildman–Crippen MR) is 67.7 cm³/mol. The first-order chi connectivity index (χ1) is 7.81. The van der Waals surface area contributed by atoms with E-state index in [-0.39, 0.29) is 6.04 Å². The summed E-state index contributed by atoms with van der Waals surface area (Å²) in [4.78, 5) is 0. The van der Waals surface area contributed by atoms with Gasteiger partial charge in [-0.1, -0.05) is 6.92 Å². The van der Waals surface area contributed by atoms with Crippen LogP contribution in [0.15, 0.2) is 33.6 Å². The molecule has 0 radical (unpaired) electrons. The molecule has 3 heteroatoms. The molecular weight excluding hydrogens is 218 g/mol. The number of aryl methyl sites for hydroxylation is 2. The summed E-state index contributed by atoms with van der Waals surface area (Å²) in [5, 5.41) is 4.29. The normalized spacial score (nSPS) is 12.9. The number of thiophene rings is 1. The van der Waals surface area contributed by atoms with E-state index >= 15 is 0 Å². The van der Waals surface area contributed by atoms with E-state index in [9.17, 15) is 0 Å². The molecule has 0 fully saturated rings. The van der Waals surface area contributed by atoms with Gasteiger partial charge >= 0.3 is 0 Å². The second kappa shape index (κ2) is 5.32. The van der Waals surface area contributed by atoms with Gasteiger partial charge in [-0.3, -0.25) is 0 Å². The summed E-state index contributed by atoms with van der Waals surface area (Å²) >= 11 is 1.74. The Hall–Kier alpha value is -1.06. The molecule has 0 saturated carbocycles. The van der Waals surface area contributed by atoms with Crippen molar-refractivity contribution in [2.24, 2.45) is 5.73 Å². The van der Waals surface area contributed by atoms with Crippen LogP contribution in [-0.4, -0.2) is 0 Å². The van der Waals surface area contributed by atoms with E-state index in [1.54, 1.807) is 17.6 Å². The van der Waals surface area contributed by atoms with Gasteiger partial charge in [0.25, 0.3) is 0 Å². The van der Waals surface area contributed by atoms with Crippen LogP contribution in [0.25, 0.3) is 0 Å². The molecule has 0 aromatic carbocycles. The van der Waals surface area contributed by atoms with E-state index in [4.69, 9.17) is 10.2 Å². The first-order valence-electron chi connectivity index (χ1n) is 5.64. The van der Waals surface area contributed by atoms with E-state index < -0.39 is 0 Å². The molecule has 1 unspecified atom stereocenters. The highest BCUT2D eigenvalue weighted by Gasteiger charge is 2.12. The highest BCUT2D eigenvalue weighted by atomic mass is 32.1. The monoisotopic (exact) mass is 235 g/mol. The standard InChI is InChI=1S/C13H17NOS/c1-2-13-11(5-7-15-13)12(14)4-3-10-6-8-16-9-10/h5-9,12H,2-4,14H2,1H3. The number of hydrogen-bond acceptors (Lipinski definition) is 3. The van der Waals surface area contributed by atoms with Gasteiger partial charge in [0.1, 0.15) is 5.76 Å². The zero-order valence-corrected chi connectivity index (χ0v) is 10.3. The number of hydrogen-bond donors (Lipinski definition) is 1. The first kappa shape index (κ1) is 11.4. The van der Waals surface area contributed by atoms with E-state index in [0.29, 0.717) is 0 Å². The molecule has 0 bridgehead atoms. The van der Waals surface area contributed by atoms with Crippen molar-refractivity contribution in [3.63, 3.8) is 0 Å². The fourth-order valence-electron chi connectivity index (χ4n) is 1.88. The molecule has 2 rings (SSSR count). The summed E-state index contributed by atoms with van der Waals surface area (Å²) in [7, 11) is 0. The average Bonchev–Trinajstić information content (AvgIpc) is 2.96. The van der Waals surface area contributed by atoms with E-state index in [1.807, 2.05) is 6.07 Å². The largest absolute Gasteiger partial charge is 0.469 e. The van der Waals surface area contributed by atoms with Gasteiger partial charge in [-0.05, 0) is 41.3 Å². The van der Waals surface area contributed by atoms with E-state index in [0.717, 1.165) is 30.6 Å². The van der Waals surface area contributed by atoms with Crippen LogP contribution < -0.4 is 5.73 Å². The van der Waals surface area contributed by atoms with Crippen molar-refractivity contribution in [2.45, 2.75) is 32.2 Å². The van der Waals surface area contributed by atoms with Crippen LogP contribution in [0.4, 0.5) is 0 Å². The van der Waals surface area contributed by atoms with Crippen molar-refractivity contribution in [1.29, 1.82) is 0 Å². The molecule has 1 atom stereocenters. The van der Waals surface area contributed by atoms with Crippen LogP contribution in [0, 0.1) is 0 Å². The average molecular weight is 235 g/mol. The fourth-order valence-corrected chi connectivity index (χ4v) is 2.58. The summed E-state index contributed by atoms with van der Waals surface area (Å²) < 4.78 is 5.39. The van der Waals surface area contributed by atoms with Crippen LogP contribution in [0.5, 0.6) is 0 Å². The Balaban J connectivity index is 1.95. The summed E-state index contributed by atoms with van der Waals surface area (Å²) in [6.45, 7) is 2.09. The predicted octanol–water partition coefficient (Wildman–Crippen LogP) is 3.54. The van der Waals surface area contributed by atoms with E-state index in [1.165, 1.54) is 5.56 Å². The second-order valence-electron chi connectivity index (χ2n) is 3.93. The maximum atomic E-state index is 6.18. The van der Waals surface area contributed by atoms with Gasteiger partial charge in [0.15, 0.2) is 0 Å². The van der Waals surface area contributed by atoms with Crippen molar-refractivity contribution in [1.82, 2.24) is 0 Å². The molecule has 2 aromatic heterocycles. The lowest BCUT2D eigenvalue weighted by atomic mass is 10.0. The Morgan fingerprint density at radius 1 is 1.44 bits per heavy atom.